The number of nitrogens with zero attached hydrogens (tertiary/aromatic N) is 2. The Morgan fingerprint density at radius 1 is 1.53 bits per heavy atom. The third-order valence-electron chi connectivity index (χ3n) is 2.04. The lowest BCUT2D eigenvalue weighted by molar-refractivity contribution is 0.0582. The van der Waals surface area contributed by atoms with Crippen LogP contribution in [0.1, 0.15) is 27.7 Å². The maximum absolute atomic E-state index is 12.2. The van der Waals surface area contributed by atoms with Crippen molar-refractivity contribution < 1.29 is 9.53 Å². The summed E-state index contributed by atoms with van der Waals surface area (Å²) in [5.74, 6) is 0.528. The Labute approximate surface area is 122 Å². The Balaban J connectivity index is 3.05. The third kappa shape index (κ3) is 5.03. The average Bonchev–Trinajstić information content (AvgIpc) is 2.24. The third-order valence-corrected chi connectivity index (χ3v) is 2.66. The van der Waals surface area contributed by atoms with Crippen molar-refractivity contribution >= 4 is 27.8 Å². The van der Waals surface area contributed by atoms with Gasteiger partial charge in [-0.15, -0.1) is 0 Å². The summed E-state index contributed by atoms with van der Waals surface area (Å²) in [6, 6.07) is 3.62. The van der Waals surface area contributed by atoms with Gasteiger partial charge >= 0.3 is 6.09 Å². The van der Waals surface area contributed by atoms with Crippen molar-refractivity contribution in [2.24, 2.45) is 0 Å². The Bertz CT molecular complexity index is 481. The van der Waals surface area contributed by atoms with Gasteiger partial charge in [0.2, 0.25) is 0 Å². The zero-order valence-corrected chi connectivity index (χ0v) is 13.3. The molecule has 0 unspecified atom stereocenters. The fraction of sp³-hybridized carbons (Fsp3) is 0.429. The molecule has 0 saturated carbocycles. The van der Waals surface area contributed by atoms with E-state index < -0.39 is 11.7 Å². The number of ether oxygens (including phenoxy) is 1. The molecule has 0 aliphatic carbocycles. The molecule has 1 amide bonds. The summed E-state index contributed by atoms with van der Waals surface area (Å²) in [5, 5.41) is 0. The second-order valence-corrected chi connectivity index (χ2v) is 6.19. The van der Waals surface area contributed by atoms with E-state index in [4.69, 9.17) is 4.74 Å². The quantitative estimate of drug-likeness (QED) is 0.783. The first-order valence-corrected chi connectivity index (χ1v) is 6.75. The minimum absolute atomic E-state index is 0.366. The number of aromatic nitrogens is 1. The molecule has 5 heteroatoms. The Hall–Kier alpha value is -1.36. The van der Waals surface area contributed by atoms with Crippen LogP contribution < -0.4 is 4.90 Å². The van der Waals surface area contributed by atoms with Gasteiger partial charge in [0.1, 0.15) is 5.60 Å². The van der Waals surface area contributed by atoms with E-state index in [9.17, 15) is 4.79 Å². The number of anilines is 1. The molecular formula is C14H19BrN2O2. The molecule has 19 heavy (non-hydrogen) atoms. The topological polar surface area (TPSA) is 42.4 Å². The monoisotopic (exact) mass is 326 g/mol. The van der Waals surface area contributed by atoms with Crippen molar-refractivity contribution in [1.82, 2.24) is 4.98 Å². The van der Waals surface area contributed by atoms with Crippen molar-refractivity contribution in [2.45, 2.75) is 33.3 Å². The van der Waals surface area contributed by atoms with Gasteiger partial charge in [-0.25, -0.2) is 9.78 Å². The summed E-state index contributed by atoms with van der Waals surface area (Å²) in [4.78, 5) is 17.9. The predicted molar refractivity (Wildman–Crippen MR) is 80.3 cm³/mol. The van der Waals surface area contributed by atoms with Gasteiger partial charge in [-0.3, -0.25) is 4.90 Å². The van der Waals surface area contributed by atoms with Crippen molar-refractivity contribution in [1.29, 1.82) is 0 Å². The van der Waals surface area contributed by atoms with Gasteiger partial charge in [-0.1, -0.05) is 12.2 Å². The van der Waals surface area contributed by atoms with Crippen LogP contribution >= 0.6 is 15.9 Å². The van der Waals surface area contributed by atoms with Crippen molar-refractivity contribution in [2.75, 3.05) is 11.4 Å². The minimum Gasteiger partial charge on any atom is -0.443 e. The molecular weight excluding hydrogens is 308 g/mol. The fourth-order valence-corrected chi connectivity index (χ4v) is 1.86. The van der Waals surface area contributed by atoms with Crippen LogP contribution in [-0.2, 0) is 4.74 Å². The lowest BCUT2D eigenvalue weighted by Gasteiger charge is -2.27. The zero-order chi connectivity index (χ0) is 14.6. The normalized spacial score (nSPS) is 11.0. The molecule has 0 N–H and O–H groups in total. The highest BCUT2D eigenvalue weighted by molar-refractivity contribution is 9.10. The second kappa shape index (κ2) is 6.19. The number of rotatable bonds is 3. The molecule has 0 fully saturated rings. The number of carbonyl (C=O) groups excluding carboxylic acids is 1. The van der Waals surface area contributed by atoms with Crippen molar-refractivity contribution in [3.05, 3.63) is 35.0 Å². The highest BCUT2D eigenvalue weighted by Gasteiger charge is 2.25. The summed E-state index contributed by atoms with van der Waals surface area (Å²) in [7, 11) is 0. The minimum atomic E-state index is -0.550. The van der Waals surface area contributed by atoms with E-state index in [2.05, 4.69) is 27.5 Å². The van der Waals surface area contributed by atoms with E-state index in [1.54, 1.807) is 12.3 Å². The average molecular weight is 327 g/mol. The Kier molecular flexibility index (Phi) is 5.11. The lowest BCUT2D eigenvalue weighted by Crippen LogP contribution is -2.38. The number of halogens is 1. The van der Waals surface area contributed by atoms with Crippen LogP contribution in [0.15, 0.2) is 35.0 Å². The van der Waals surface area contributed by atoms with Gasteiger partial charge in [0, 0.05) is 6.20 Å². The zero-order valence-electron chi connectivity index (χ0n) is 11.7. The smallest absolute Gasteiger partial charge is 0.416 e. The van der Waals surface area contributed by atoms with Crippen LogP contribution in [0.5, 0.6) is 0 Å². The van der Waals surface area contributed by atoms with E-state index in [1.807, 2.05) is 33.8 Å². The van der Waals surface area contributed by atoms with Gasteiger partial charge < -0.3 is 4.74 Å². The maximum atomic E-state index is 12.2. The number of carbonyl (C=O) groups is 1. The van der Waals surface area contributed by atoms with E-state index in [1.165, 1.54) is 4.90 Å². The summed E-state index contributed by atoms with van der Waals surface area (Å²) in [5.41, 5.74) is 0.300. The number of hydrogen-bond acceptors (Lipinski definition) is 3. The summed E-state index contributed by atoms with van der Waals surface area (Å²) < 4.78 is 6.13. The van der Waals surface area contributed by atoms with Crippen LogP contribution in [0.4, 0.5) is 10.6 Å². The highest BCUT2D eigenvalue weighted by atomic mass is 79.9. The molecule has 104 valence electrons. The van der Waals surface area contributed by atoms with Crippen molar-refractivity contribution in [3.8, 4) is 0 Å². The molecule has 0 aromatic carbocycles. The summed E-state index contributed by atoms with van der Waals surface area (Å²) >= 11 is 3.39. The van der Waals surface area contributed by atoms with Gasteiger partial charge in [0.05, 0.1) is 11.0 Å². The van der Waals surface area contributed by atoms with Crippen molar-refractivity contribution in [3.63, 3.8) is 0 Å². The molecule has 1 aromatic heterocycles. The first-order valence-electron chi connectivity index (χ1n) is 5.96. The first kappa shape index (κ1) is 15.7. The first-order chi connectivity index (χ1) is 8.70. The number of amides is 1. The summed E-state index contributed by atoms with van der Waals surface area (Å²) in [6.45, 7) is 11.5. The van der Waals surface area contributed by atoms with Gasteiger partial charge in [-0.05, 0) is 55.8 Å². The molecule has 0 spiro atoms. The van der Waals surface area contributed by atoms with E-state index in [0.29, 0.717) is 12.4 Å². The Morgan fingerprint density at radius 2 is 2.16 bits per heavy atom. The Morgan fingerprint density at radius 3 is 2.63 bits per heavy atom. The predicted octanol–water partition coefficient (Wildman–Crippen LogP) is 4.16. The standard InChI is InChI=1S/C14H19BrN2O2/c1-10(2)9-17(13(18)19-14(3,4)5)12-11(15)7-6-8-16-12/h6-8H,1,9H2,2-5H3. The maximum Gasteiger partial charge on any atom is 0.416 e. The van der Waals surface area contributed by atoms with Gasteiger partial charge in [-0.2, -0.15) is 0 Å². The molecule has 1 heterocycles. The van der Waals surface area contributed by atoms with Crippen LogP contribution in [0.3, 0.4) is 0 Å². The largest absolute Gasteiger partial charge is 0.443 e. The molecule has 0 atom stereocenters. The van der Waals surface area contributed by atoms with E-state index in [0.717, 1.165) is 10.0 Å². The van der Waals surface area contributed by atoms with Crippen LogP contribution in [-0.4, -0.2) is 23.2 Å². The molecule has 0 aliphatic rings. The van der Waals surface area contributed by atoms with E-state index in [-0.39, 0.29) is 0 Å². The van der Waals surface area contributed by atoms with Gasteiger partial charge in [0.15, 0.2) is 5.82 Å². The second-order valence-electron chi connectivity index (χ2n) is 5.33. The van der Waals surface area contributed by atoms with Crippen LogP contribution in [0.2, 0.25) is 0 Å². The fourth-order valence-electron chi connectivity index (χ4n) is 1.39. The number of pyridine rings is 1. The molecule has 1 aromatic rings. The van der Waals surface area contributed by atoms with Crippen LogP contribution in [0.25, 0.3) is 0 Å². The molecule has 0 aliphatic heterocycles. The molecule has 0 saturated heterocycles. The van der Waals surface area contributed by atoms with E-state index >= 15 is 0 Å². The van der Waals surface area contributed by atoms with Gasteiger partial charge in [0.25, 0.3) is 0 Å². The number of hydrogen-bond donors (Lipinski definition) is 0. The summed E-state index contributed by atoms with van der Waals surface area (Å²) in [6.07, 6.45) is 1.20. The molecule has 0 bridgehead atoms. The lowest BCUT2D eigenvalue weighted by atomic mass is 10.2. The molecule has 4 nitrogen and oxygen atoms in total. The van der Waals surface area contributed by atoms with Crippen LogP contribution in [0, 0.1) is 0 Å². The SMILES string of the molecule is C=C(C)CN(C(=O)OC(C)(C)C)c1ncccc1Br. The molecule has 1 rings (SSSR count). The highest BCUT2D eigenvalue weighted by Crippen LogP contribution is 2.25. The molecule has 0 radical (unpaired) electrons.